The fourth-order valence-electron chi connectivity index (χ4n) is 11.0. The third kappa shape index (κ3) is 5.73. The van der Waals surface area contributed by atoms with E-state index in [0.717, 1.165) is 67.9 Å². The number of rotatable bonds is 7. The molecule has 2 aliphatic heterocycles. The molecular weight excluding hydrogens is 814 g/mol. The second kappa shape index (κ2) is 14.8. The van der Waals surface area contributed by atoms with Gasteiger partial charge in [-0.05, 0) is 106 Å². The summed E-state index contributed by atoms with van der Waals surface area (Å²) < 4.78 is 4.92. The zero-order valence-corrected chi connectivity index (χ0v) is 36.4. The van der Waals surface area contributed by atoms with Crippen molar-refractivity contribution in [1.29, 1.82) is 0 Å². The topological polar surface area (TPSA) is 29.2 Å². The number of hydrogen-bond acceptors (Lipinski definition) is 3. The van der Waals surface area contributed by atoms with Crippen molar-refractivity contribution in [3.63, 3.8) is 0 Å². The molecule has 2 aromatic heterocycles. The Morgan fingerprint density at radius 3 is 1.61 bits per heavy atom. The van der Waals surface area contributed by atoms with Gasteiger partial charge in [-0.3, -0.25) is 4.57 Å². The van der Waals surface area contributed by atoms with Crippen molar-refractivity contribution in [1.82, 2.24) is 14.1 Å². The van der Waals surface area contributed by atoms with E-state index < -0.39 is 0 Å². The minimum absolute atomic E-state index is 0.0654. The van der Waals surface area contributed by atoms with Crippen molar-refractivity contribution in [2.24, 2.45) is 0 Å². The Hall–Kier alpha value is -8.87. The number of nitrogens with zero attached hydrogens (tertiary/aromatic N) is 5. The lowest BCUT2D eigenvalue weighted by Crippen LogP contribution is -2.60. The van der Waals surface area contributed by atoms with E-state index in [1.54, 1.807) is 0 Å². The van der Waals surface area contributed by atoms with Gasteiger partial charge in [0.05, 0.1) is 27.8 Å². The van der Waals surface area contributed by atoms with Crippen LogP contribution in [0.2, 0.25) is 0 Å². The van der Waals surface area contributed by atoms with Crippen LogP contribution < -0.4 is 26.2 Å². The minimum atomic E-state index is -0.0654. The number of fused-ring (bicyclic) bond motifs is 7. The van der Waals surface area contributed by atoms with Gasteiger partial charge in [0.25, 0.3) is 6.71 Å². The van der Waals surface area contributed by atoms with Crippen molar-refractivity contribution in [2.75, 3.05) is 9.80 Å². The Morgan fingerprint density at radius 2 is 0.940 bits per heavy atom. The Labute approximate surface area is 388 Å². The highest BCUT2D eigenvalue weighted by Crippen LogP contribution is 2.45. The summed E-state index contributed by atoms with van der Waals surface area (Å²) in [6.07, 6.45) is 0. The molecule has 0 unspecified atom stereocenters. The molecular formula is C61H40BN5. The van der Waals surface area contributed by atoms with Gasteiger partial charge >= 0.3 is 0 Å². The summed E-state index contributed by atoms with van der Waals surface area (Å²) in [5, 5.41) is 2.46. The summed E-state index contributed by atoms with van der Waals surface area (Å²) in [5.74, 6) is 0.927. The monoisotopic (exact) mass is 853 g/mol. The first-order valence-electron chi connectivity index (χ1n) is 23.0. The van der Waals surface area contributed by atoms with Crippen LogP contribution in [-0.4, -0.2) is 20.8 Å². The van der Waals surface area contributed by atoms with E-state index in [2.05, 4.69) is 262 Å². The summed E-state index contributed by atoms with van der Waals surface area (Å²) >= 11 is 0. The molecule has 5 nitrogen and oxygen atoms in total. The first-order valence-corrected chi connectivity index (χ1v) is 23.0. The summed E-state index contributed by atoms with van der Waals surface area (Å²) in [4.78, 5) is 10.4. The van der Waals surface area contributed by atoms with Gasteiger partial charge in [0.1, 0.15) is 5.82 Å². The molecule has 312 valence electrons. The zero-order chi connectivity index (χ0) is 44.0. The van der Waals surface area contributed by atoms with Gasteiger partial charge < -0.3 is 14.4 Å². The molecule has 0 aliphatic carbocycles. The first kappa shape index (κ1) is 37.5. The average Bonchev–Trinajstić information content (AvgIpc) is 3.96. The van der Waals surface area contributed by atoms with E-state index in [0.29, 0.717) is 0 Å². The summed E-state index contributed by atoms with van der Waals surface area (Å²) in [6, 6.07) is 88.1. The predicted octanol–water partition coefficient (Wildman–Crippen LogP) is 13.5. The van der Waals surface area contributed by atoms with E-state index in [1.165, 1.54) is 49.3 Å². The number of para-hydroxylation sites is 6. The molecule has 2 aliphatic rings. The minimum Gasteiger partial charge on any atom is -0.311 e. The van der Waals surface area contributed by atoms with Gasteiger partial charge in [-0.15, -0.1) is 0 Å². The van der Waals surface area contributed by atoms with Crippen molar-refractivity contribution < 1.29 is 0 Å². The Balaban J connectivity index is 1.09. The summed E-state index contributed by atoms with van der Waals surface area (Å²) in [6.45, 7) is -0.0654. The summed E-state index contributed by atoms with van der Waals surface area (Å²) in [5.41, 5.74) is 20.6. The fraction of sp³-hybridized carbons (Fsp3) is 0. The first-order chi connectivity index (χ1) is 33.3. The lowest BCUT2D eigenvalue weighted by atomic mass is 9.34. The molecule has 12 aromatic rings. The van der Waals surface area contributed by atoms with E-state index in [-0.39, 0.29) is 6.71 Å². The second-order valence-corrected chi connectivity index (χ2v) is 17.6. The fourth-order valence-corrected chi connectivity index (χ4v) is 11.0. The lowest BCUT2D eigenvalue weighted by molar-refractivity contribution is 1.09. The highest BCUT2D eigenvalue weighted by Gasteiger charge is 2.43. The Bertz CT molecular complexity index is 3770. The average molecular weight is 854 g/mol. The highest BCUT2D eigenvalue weighted by molar-refractivity contribution is 7.00. The van der Waals surface area contributed by atoms with Gasteiger partial charge in [0.15, 0.2) is 0 Å². The van der Waals surface area contributed by atoms with E-state index in [9.17, 15) is 0 Å². The van der Waals surface area contributed by atoms with Crippen molar-refractivity contribution in [3.05, 3.63) is 243 Å². The van der Waals surface area contributed by atoms with Crippen LogP contribution in [0.15, 0.2) is 243 Å². The standard InChI is InChI=1S/C61H40BN5/c1-5-18-41(19-6-1)42-32-34-43(35-33-42)61-63-53-29-17-28-52-60(53)67(61)58-40-48(66-54-30-15-13-26-49(54)50-27-14-16-31-55(50)66)39-57-59(58)62(52)51-37-36-47(38-56(51)65(57)46-24-11-4-12-25-46)64(44-20-7-2-8-21-44)45-22-9-3-10-23-45/h1-40H. The number of anilines is 6. The van der Waals surface area contributed by atoms with Crippen LogP contribution in [0.3, 0.4) is 0 Å². The molecule has 0 atom stereocenters. The molecule has 0 fully saturated rings. The maximum Gasteiger partial charge on any atom is 0.252 e. The molecule has 14 rings (SSSR count). The smallest absolute Gasteiger partial charge is 0.252 e. The van der Waals surface area contributed by atoms with Crippen molar-refractivity contribution in [3.8, 4) is 33.9 Å². The third-order valence-electron chi connectivity index (χ3n) is 13.9. The molecule has 0 spiro atoms. The molecule has 4 heterocycles. The quantitative estimate of drug-likeness (QED) is 0.150. The van der Waals surface area contributed by atoms with Crippen LogP contribution in [0.1, 0.15) is 0 Å². The molecule has 0 saturated heterocycles. The number of imidazole rings is 1. The summed E-state index contributed by atoms with van der Waals surface area (Å²) in [7, 11) is 0. The van der Waals surface area contributed by atoms with Crippen LogP contribution in [0, 0.1) is 0 Å². The molecule has 0 bridgehead atoms. The van der Waals surface area contributed by atoms with Crippen LogP contribution in [0.5, 0.6) is 0 Å². The van der Waals surface area contributed by atoms with Crippen LogP contribution >= 0.6 is 0 Å². The second-order valence-electron chi connectivity index (χ2n) is 17.6. The molecule has 10 aromatic carbocycles. The molecule has 6 heteroatoms. The van der Waals surface area contributed by atoms with Crippen LogP contribution in [0.25, 0.3) is 66.7 Å². The lowest BCUT2D eigenvalue weighted by Gasteiger charge is -2.41. The van der Waals surface area contributed by atoms with E-state index in [4.69, 9.17) is 4.98 Å². The normalized spacial score (nSPS) is 12.4. The number of benzene rings is 10. The van der Waals surface area contributed by atoms with Crippen LogP contribution in [-0.2, 0) is 0 Å². The molecule has 67 heavy (non-hydrogen) atoms. The van der Waals surface area contributed by atoms with Crippen molar-refractivity contribution >= 4 is 90.1 Å². The molecule has 0 radical (unpaired) electrons. The van der Waals surface area contributed by atoms with Gasteiger partial charge in [0.2, 0.25) is 0 Å². The molecule has 0 N–H and O–H groups in total. The van der Waals surface area contributed by atoms with Crippen LogP contribution in [0.4, 0.5) is 34.1 Å². The molecule has 0 amide bonds. The highest BCUT2D eigenvalue weighted by atomic mass is 15.2. The van der Waals surface area contributed by atoms with Gasteiger partial charge in [-0.2, -0.15) is 0 Å². The maximum absolute atomic E-state index is 5.54. The van der Waals surface area contributed by atoms with E-state index >= 15 is 0 Å². The van der Waals surface area contributed by atoms with Gasteiger partial charge in [-0.25, -0.2) is 4.98 Å². The maximum atomic E-state index is 5.54. The van der Waals surface area contributed by atoms with Gasteiger partial charge in [-0.1, -0.05) is 164 Å². The molecule has 0 saturated carbocycles. The van der Waals surface area contributed by atoms with Crippen molar-refractivity contribution in [2.45, 2.75) is 0 Å². The SMILES string of the molecule is c1ccc(-c2ccc(-c3nc4cccc5c4n3-c3cc(-n4c6ccccc6c6ccccc64)cc4c3B5c3ccc(N(c5ccccc5)c5ccccc5)cc3N4c3ccccc3)cc2)cc1. The van der Waals surface area contributed by atoms with Gasteiger partial charge in [0, 0.05) is 56.1 Å². The Kier molecular flexibility index (Phi) is 8.31. The third-order valence-corrected chi connectivity index (χ3v) is 13.9. The zero-order valence-electron chi connectivity index (χ0n) is 36.4. The number of aromatic nitrogens is 3. The Morgan fingerprint density at radius 1 is 0.373 bits per heavy atom. The number of hydrogen-bond donors (Lipinski definition) is 0. The predicted molar refractivity (Wildman–Crippen MR) is 280 cm³/mol. The largest absolute Gasteiger partial charge is 0.311 e. The van der Waals surface area contributed by atoms with E-state index in [1.807, 2.05) is 0 Å².